The lowest BCUT2D eigenvalue weighted by Gasteiger charge is -2.40. The molecule has 0 saturated carbocycles. The van der Waals surface area contributed by atoms with Gasteiger partial charge in [0.25, 0.3) is 0 Å². The maximum Gasteiger partial charge on any atom is 0.416 e. The van der Waals surface area contributed by atoms with Gasteiger partial charge in [0.2, 0.25) is 0 Å². The summed E-state index contributed by atoms with van der Waals surface area (Å²) in [6, 6.07) is 4.74. The Kier molecular flexibility index (Phi) is 7.08. The molecule has 0 bridgehead atoms. The Balaban J connectivity index is 2.13. The standard InChI is InChI=1S/C19H26F3NO3S/c1-18(2,3)26-17(24)23-10-16(12-27-4)25-11-15(23)9-13-5-7-14(8-6-13)19(20,21)22/h5-8,15-16H,9-12H2,1-4H3/t15-,16+/m0/s1. The molecule has 2 rings (SSSR count). The number of benzene rings is 1. The number of carbonyl (C=O) groups excluding carboxylic acids is 1. The molecular formula is C19H26F3NO3S. The van der Waals surface area contributed by atoms with E-state index >= 15 is 0 Å². The Morgan fingerprint density at radius 1 is 1.26 bits per heavy atom. The van der Waals surface area contributed by atoms with Gasteiger partial charge in [-0.3, -0.25) is 4.90 Å². The zero-order chi connectivity index (χ0) is 20.2. The van der Waals surface area contributed by atoms with Crippen molar-refractivity contribution in [3.8, 4) is 0 Å². The third kappa shape index (κ3) is 6.60. The first-order valence-corrected chi connectivity index (χ1v) is 10.2. The van der Waals surface area contributed by atoms with Gasteiger partial charge >= 0.3 is 12.3 Å². The van der Waals surface area contributed by atoms with Gasteiger partial charge in [-0.05, 0) is 51.1 Å². The Hall–Kier alpha value is -1.41. The molecule has 1 aliphatic heterocycles. The molecule has 0 unspecified atom stereocenters. The first-order valence-electron chi connectivity index (χ1n) is 8.76. The number of rotatable bonds is 4. The lowest BCUT2D eigenvalue weighted by Crippen LogP contribution is -2.54. The summed E-state index contributed by atoms with van der Waals surface area (Å²) in [7, 11) is 0. The normalized spacial score (nSPS) is 21.2. The van der Waals surface area contributed by atoms with Gasteiger partial charge in [0.15, 0.2) is 0 Å². The predicted octanol–water partition coefficient (Wildman–Crippen LogP) is 4.62. The highest BCUT2D eigenvalue weighted by atomic mass is 32.2. The summed E-state index contributed by atoms with van der Waals surface area (Å²) in [5.74, 6) is 0.756. The highest BCUT2D eigenvalue weighted by Gasteiger charge is 2.35. The molecule has 1 heterocycles. The average molecular weight is 405 g/mol. The van der Waals surface area contributed by atoms with Gasteiger partial charge in [0, 0.05) is 5.75 Å². The summed E-state index contributed by atoms with van der Waals surface area (Å²) in [6.45, 7) is 6.13. The van der Waals surface area contributed by atoms with Crippen molar-refractivity contribution in [2.45, 2.75) is 51.1 Å². The van der Waals surface area contributed by atoms with Crippen LogP contribution in [-0.4, -0.2) is 53.9 Å². The van der Waals surface area contributed by atoms with Crippen molar-refractivity contribution in [1.82, 2.24) is 4.90 Å². The minimum atomic E-state index is -4.36. The molecule has 1 saturated heterocycles. The van der Waals surface area contributed by atoms with Crippen molar-refractivity contribution in [2.24, 2.45) is 0 Å². The zero-order valence-corrected chi connectivity index (χ0v) is 16.8. The summed E-state index contributed by atoms with van der Waals surface area (Å²) >= 11 is 1.63. The SMILES string of the molecule is CSC[C@H]1CN(C(=O)OC(C)(C)C)[C@@H](Cc2ccc(C(F)(F)F)cc2)CO1. The average Bonchev–Trinajstić information content (AvgIpc) is 2.54. The first kappa shape index (κ1) is 21.9. The van der Waals surface area contributed by atoms with Crippen LogP contribution in [0.1, 0.15) is 31.9 Å². The van der Waals surface area contributed by atoms with Gasteiger partial charge in [0.05, 0.1) is 30.9 Å². The Morgan fingerprint density at radius 2 is 1.89 bits per heavy atom. The lowest BCUT2D eigenvalue weighted by molar-refractivity contribution is -0.137. The van der Waals surface area contributed by atoms with E-state index in [1.807, 2.05) is 6.26 Å². The van der Waals surface area contributed by atoms with Crippen molar-refractivity contribution >= 4 is 17.9 Å². The van der Waals surface area contributed by atoms with Crippen LogP contribution in [-0.2, 0) is 22.1 Å². The van der Waals surface area contributed by atoms with Gasteiger partial charge in [-0.1, -0.05) is 12.1 Å². The maximum atomic E-state index is 12.7. The topological polar surface area (TPSA) is 38.8 Å². The molecule has 2 atom stereocenters. The van der Waals surface area contributed by atoms with Crippen molar-refractivity contribution in [3.05, 3.63) is 35.4 Å². The summed E-state index contributed by atoms with van der Waals surface area (Å²) in [5.41, 5.74) is -0.591. The zero-order valence-electron chi connectivity index (χ0n) is 16.0. The molecule has 8 heteroatoms. The number of morpholine rings is 1. The van der Waals surface area contributed by atoms with Crippen LogP contribution in [0.4, 0.5) is 18.0 Å². The number of ether oxygens (including phenoxy) is 2. The fraction of sp³-hybridized carbons (Fsp3) is 0.632. The highest BCUT2D eigenvalue weighted by molar-refractivity contribution is 7.98. The fourth-order valence-corrected chi connectivity index (χ4v) is 3.43. The van der Waals surface area contributed by atoms with Crippen LogP contribution >= 0.6 is 11.8 Å². The molecule has 1 aromatic rings. The van der Waals surface area contributed by atoms with E-state index < -0.39 is 23.4 Å². The molecule has 1 amide bonds. The van der Waals surface area contributed by atoms with Gasteiger partial charge < -0.3 is 9.47 Å². The molecular weight excluding hydrogens is 379 g/mol. The van der Waals surface area contributed by atoms with Gasteiger partial charge in [0.1, 0.15) is 5.60 Å². The smallest absolute Gasteiger partial charge is 0.416 e. The number of nitrogens with zero attached hydrogens (tertiary/aromatic N) is 1. The molecule has 1 fully saturated rings. The number of hydrogen-bond donors (Lipinski definition) is 0. The molecule has 152 valence electrons. The second kappa shape index (κ2) is 8.73. The van der Waals surface area contributed by atoms with Crippen LogP contribution in [0.25, 0.3) is 0 Å². The number of carbonyl (C=O) groups is 1. The van der Waals surface area contributed by atoms with Crippen LogP contribution in [0.15, 0.2) is 24.3 Å². The van der Waals surface area contributed by atoms with Gasteiger partial charge in [-0.2, -0.15) is 24.9 Å². The highest BCUT2D eigenvalue weighted by Crippen LogP contribution is 2.29. The van der Waals surface area contributed by atoms with E-state index in [9.17, 15) is 18.0 Å². The van der Waals surface area contributed by atoms with E-state index in [1.165, 1.54) is 12.1 Å². The number of halogens is 3. The van der Waals surface area contributed by atoms with E-state index in [-0.39, 0.29) is 12.1 Å². The number of amides is 1. The number of hydrogen-bond acceptors (Lipinski definition) is 4. The van der Waals surface area contributed by atoms with Crippen LogP contribution in [0.3, 0.4) is 0 Å². The predicted molar refractivity (Wildman–Crippen MR) is 100.0 cm³/mol. The molecule has 0 N–H and O–H groups in total. The quantitative estimate of drug-likeness (QED) is 0.733. The number of alkyl halides is 3. The van der Waals surface area contributed by atoms with Crippen LogP contribution in [0, 0.1) is 0 Å². The van der Waals surface area contributed by atoms with Crippen LogP contribution in [0.2, 0.25) is 0 Å². The van der Waals surface area contributed by atoms with Crippen LogP contribution in [0.5, 0.6) is 0 Å². The van der Waals surface area contributed by atoms with Crippen molar-refractivity contribution in [1.29, 1.82) is 0 Å². The van der Waals surface area contributed by atoms with E-state index in [0.717, 1.165) is 17.9 Å². The third-order valence-electron chi connectivity index (χ3n) is 4.10. The molecule has 27 heavy (non-hydrogen) atoms. The second-order valence-corrected chi connectivity index (χ2v) is 8.51. The monoisotopic (exact) mass is 405 g/mol. The van der Waals surface area contributed by atoms with Crippen molar-refractivity contribution in [2.75, 3.05) is 25.2 Å². The van der Waals surface area contributed by atoms with Crippen molar-refractivity contribution < 1.29 is 27.4 Å². The molecule has 0 aromatic heterocycles. The van der Waals surface area contributed by atoms with Gasteiger partial charge in [-0.15, -0.1) is 0 Å². The van der Waals surface area contributed by atoms with E-state index in [1.54, 1.807) is 37.4 Å². The Morgan fingerprint density at radius 3 is 2.41 bits per heavy atom. The molecule has 0 spiro atoms. The fourth-order valence-electron chi connectivity index (χ4n) is 2.86. The van der Waals surface area contributed by atoms with E-state index in [2.05, 4.69) is 0 Å². The van der Waals surface area contributed by atoms with Crippen molar-refractivity contribution in [3.63, 3.8) is 0 Å². The molecule has 4 nitrogen and oxygen atoms in total. The Labute approximate surface area is 162 Å². The maximum absolute atomic E-state index is 12.7. The van der Waals surface area contributed by atoms with Gasteiger partial charge in [-0.25, -0.2) is 4.79 Å². The Bertz CT molecular complexity index is 629. The van der Waals surface area contributed by atoms with E-state index in [0.29, 0.717) is 25.1 Å². The minimum absolute atomic E-state index is 0.0867. The first-order chi connectivity index (χ1) is 12.5. The largest absolute Gasteiger partial charge is 0.444 e. The number of thioether (sulfide) groups is 1. The summed E-state index contributed by atoms with van der Waals surface area (Å²) in [5, 5.41) is 0. The molecule has 0 radical (unpaired) electrons. The third-order valence-corrected chi connectivity index (χ3v) is 4.80. The lowest BCUT2D eigenvalue weighted by atomic mass is 10.0. The van der Waals surface area contributed by atoms with E-state index in [4.69, 9.17) is 9.47 Å². The summed E-state index contributed by atoms with van der Waals surface area (Å²) < 4.78 is 49.5. The summed E-state index contributed by atoms with van der Waals surface area (Å²) in [4.78, 5) is 14.3. The molecule has 1 aromatic carbocycles. The molecule has 1 aliphatic rings. The minimum Gasteiger partial charge on any atom is -0.444 e. The summed E-state index contributed by atoms with van der Waals surface area (Å²) in [6.07, 6.45) is -2.50. The molecule has 0 aliphatic carbocycles. The van der Waals surface area contributed by atoms with Crippen LogP contribution < -0.4 is 0 Å². The second-order valence-electron chi connectivity index (χ2n) is 7.60.